The molecule has 0 unspecified atom stereocenters. The first-order valence-electron chi connectivity index (χ1n) is 8.12. The summed E-state index contributed by atoms with van der Waals surface area (Å²) in [6.07, 6.45) is 15.7. The van der Waals surface area contributed by atoms with Crippen molar-refractivity contribution in [2.45, 2.75) is 70.6 Å². The Morgan fingerprint density at radius 1 is 0.889 bits per heavy atom. The van der Waals surface area contributed by atoms with Gasteiger partial charge in [0, 0.05) is 6.54 Å². The monoisotopic (exact) mass is 271 g/mol. The largest absolute Gasteiger partial charge is 0.306 e. The van der Waals surface area contributed by atoms with Gasteiger partial charge in [0.05, 0.1) is 0 Å². The molecule has 0 radical (unpaired) electrons. The predicted molar refractivity (Wildman–Crippen MR) is 85.6 cm³/mol. The number of nitrogens with zero attached hydrogens (tertiary/aromatic N) is 1. The number of unbranched alkanes of at least 4 members (excludes halogenated alkanes) is 6. The van der Waals surface area contributed by atoms with Gasteiger partial charge in [0.1, 0.15) is 0 Å². The Morgan fingerprint density at radius 2 is 1.44 bits per heavy atom. The number of rotatable bonds is 11. The van der Waals surface area contributed by atoms with Gasteiger partial charge in [-0.05, 0) is 50.9 Å². The van der Waals surface area contributed by atoms with E-state index < -0.39 is 0 Å². The summed E-state index contributed by atoms with van der Waals surface area (Å²) in [4.78, 5) is 2.57. The maximum atomic E-state index is 4.24. The number of thiol groups is 1. The highest BCUT2D eigenvalue weighted by molar-refractivity contribution is 7.80. The van der Waals surface area contributed by atoms with Crippen LogP contribution in [0.1, 0.15) is 70.6 Å². The average Bonchev–Trinajstić information content (AvgIpc) is 2.85. The summed E-state index contributed by atoms with van der Waals surface area (Å²) in [5.74, 6) is 2.07. The first-order valence-corrected chi connectivity index (χ1v) is 8.75. The lowest BCUT2D eigenvalue weighted by Crippen LogP contribution is -2.25. The fourth-order valence-electron chi connectivity index (χ4n) is 3.10. The van der Waals surface area contributed by atoms with Crippen LogP contribution in [0, 0.1) is 5.92 Å². The van der Waals surface area contributed by atoms with Gasteiger partial charge in [0.2, 0.25) is 0 Å². The topological polar surface area (TPSA) is 3.24 Å². The Labute approximate surface area is 120 Å². The molecule has 1 nitrogen and oxygen atoms in total. The van der Waals surface area contributed by atoms with Crippen molar-refractivity contribution in [1.82, 2.24) is 4.90 Å². The van der Waals surface area contributed by atoms with Crippen LogP contribution in [-0.4, -0.2) is 30.8 Å². The smallest absolute Gasteiger partial charge is 0.000661 e. The second-order valence-electron chi connectivity index (χ2n) is 6.11. The Hall–Kier alpha value is 0.310. The molecule has 0 spiro atoms. The van der Waals surface area contributed by atoms with Crippen LogP contribution in [0.25, 0.3) is 0 Å². The SMILES string of the molecule is CN(CCCCCCCCCS)CC1CCCC1. The van der Waals surface area contributed by atoms with Crippen molar-refractivity contribution >= 4 is 12.6 Å². The summed E-state index contributed by atoms with van der Waals surface area (Å²) < 4.78 is 0. The highest BCUT2D eigenvalue weighted by atomic mass is 32.1. The standard InChI is InChI=1S/C16H33NS/c1-17(15-16-11-7-8-12-16)13-9-5-3-2-4-6-10-14-18/h16,18H,2-15H2,1H3. The van der Waals surface area contributed by atoms with E-state index in [2.05, 4.69) is 24.6 Å². The number of hydrogen-bond acceptors (Lipinski definition) is 2. The van der Waals surface area contributed by atoms with Gasteiger partial charge in [-0.15, -0.1) is 0 Å². The molecule has 18 heavy (non-hydrogen) atoms. The maximum absolute atomic E-state index is 4.24. The molecule has 108 valence electrons. The molecule has 0 aromatic rings. The second-order valence-corrected chi connectivity index (χ2v) is 6.56. The van der Waals surface area contributed by atoms with Crippen molar-refractivity contribution < 1.29 is 0 Å². The number of hydrogen-bond donors (Lipinski definition) is 1. The molecule has 1 rings (SSSR count). The van der Waals surface area contributed by atoms with Crippen molar-refractivity contribution in [3.05, 3.63) is 0 Å². The molecule has 2 heteroatoms. The van der Waals surface area contributed by atoms with Crippen molar-refractivity contribution in [2.75, 3.05) is 25.9 Å². The van der Waals surface area contributed by atoms with Crippen LogP contribution in [0.15, 0.2) is 0 Å². The molecular formula is C16H33NS. The van der Waals surface area contributed by atoms with E-state index >= 15 is 0 Å². The summed E-state index contributed by atoms with van der Waals surface area (Å²) >= 11 is 4.24. The predicted octanol–water partition coefficient (Wildman–Crippen LogP) is 4.77. The van der Waals surface area contributed by atoms with Gasteiger partial charge in [0.25, 0.3) is 0 Å². The van der Waals surface area contributed by atoms with Gasteiger partial charge < -0.3 is 4.90 Å². The van der Waals surface area contributed by atoms with E-state index in [9.17, 15) is 0 Å². The molecule has 0 aliphatic heterocycles. The molecule has 1 aliphatic carbocycles. The van der Waals surface area contributed by atoms with E-state index in [1.165, 1.54) is 83.7 Å². The van der Waals surface area contributed by atoms with Crippen molar-refractivity contribution in [3.8, 4) is 0 Å². The van der Waals surface area contributed by atoms with Crippen LogP contribution in [0.5, 0.6) is 0 Å². The normalized spacial score (nSPS) is 16.8. The molecule has 0 aromatic carbocycles. The average molecular weight is 272 g/mol. The summed E-state index contributed by atoms with van der Waals surface area (Å²) in [5, 5.41) is 0. The molecule has 0 saturated heterocycles. The molecule has 0 N–H and O–H groups in total. The van der Waals surface area contributed by atoms with Crippen LogP contribution in [0.3, 0.4) is 0 Å². The van der Waals surface area contributed by atoms with Gasteiger partial charge >= 0.3 is 0 Å². The third kappa shape index (κ3) is 8.42. The molecule has 1 fully saturated rings. The van der Waals surface area contributed by atoms with Gasteiger partial charge in [-0.3, -0.25) is 0 Å². The third-order valence-electron chi connectivity index (χ3n) is 4.24. The lowest BCUT2D eigenvalue weighted by molar-refractivity contribution is 0.272. The fraction of sp³-hybridized carbons (Fsp3) is 1.00. The molecule has 1 aliphatic rings. The first kappa shape index (κ1) is 16.4. The lowest BCUT2D eigenvalue weighted by Gasteiger charge is -2.20. The molecule has 1 saturated carbocycles. The zero-order chi connectivity index (χ0) is 13.1. The van der Waals surface area contributed by atoms with E-state index in [0.717, 1.165) is 11.7 Å². The highest BCUT2D eigenvalue weighted by Crippen LogP contribution is 2.25. The van der Waals surface area contributed by atoms with Crippen LogP contribution < -0.4 is 0 Å². The fourth-order valence-corrected chi connectivity index (χ4v) is 3.33. The van der Waals surface area contributed by atoms with E-state index in [1.54, 1.807) is 0 Å². The minimum absolute atomic E-state index is 1.01. The zero-order valence-corrected chi connectivity index (χ0v) is 13.3. The summed E-state index contributed by atoms with van der Waals surface area (Å²) in [5.41, 5.74) is 0. The minimum Gasteiger partial charge on any atom is -0.306 e. The van der Waals surface area contributed by atoms with Gasteiger partial charge in [-0.2, -0.15) is 12.6 Å². The van der Waals surface area contributed by atoms with Crippen LogP contribution in [-0.2, 0) is 0 Å². The maximum Gasteiger partial charge on any atom is 0.000661 e. The molecule has 0 atom stereocenters. The molecule has 0 heterocycles. The molecule has 0 aromatic heterocycles. The Kier molecular flexibility index (Phi) is 10.1. The van der Waals surface area contributed by atoms with Gasteiger partial charge in [-0.1, -0.05) is 44.9 Å². The first-order chi connectivity index (χ1) is 8.83. The van der Waals surface area contributed by atoms with E-state index in [-0.39, 0.29) is 0 Å². The molecule has 0 bridgehead atoms. The van der Waals surface area contributed by atoms with Crippen molar-refractivity contribution in [3.63, 3.8) is 0 Å². The third-order valence-corrected chi connectivity index (χ3v) is 4.56. The van der Waals surface area contributed by atoms with Crippen molar-refractivity contribution in [1.29, 1.82) is 0 Å². The molecular weight excluding hydrogens is 238 g/mol. The van der Waals surface area contributed by atoms with Crippen LogP contribution >= 0.6 is 12.6 Å². The van der Waals surface area contributed by atoms with E-state index in [4.69, 9.17) is 0 Å². The Morgan fingerprint density at radius 3 is 2.06 bits per heavy atom. The summed E-state index contributed by atoms with van der Waals surface area (Å²) in [7, 11) is 2.31. The van der Waals surface area contributed by atoms with Crippen LogP contribution in [0.2, 0.25) is 0 Å². The van der Waals surface area contributed by atoms with Gasteiger partial charge in [-0.25, -0.2) is 0 Å². The zero-order valence-electron chi connectivity index (χ0n) is 12.4. The van der Waals surface area contributed by atoms with Gasteiger partial charge in [0.15, 0.2) is 0 Å². The minimum atomic E-state index is 1.01. The Bertz CT molecular complexity index is 178. The van der Waals surface area contributed by atoms with E-state index in [1.807, 2.05) is 0 Å². The quantitative estimate of drug-likeness (QED) is 0.418. The second kappa shape index (κ2) is 11.2. The van der Waals surface area contributed by atoms with Crippen LogP contribution in [0.4, 0.5) is 0 Å². The summed E-state index contributed by atoms with van der Waals surface area (Å²) in [6.45, 7) is 2.66. The lowest BCUT2D eigenvalue weighted by atomic mass is 10.1. The Balaban J connectivity index is 1.81. The summed E-state index contributed by atoms with van der Waals surface area (Å²) in [6, 6.07) is 0. The van der Waals surface area contributed by atoms with E-state index in [0.29, 0.717) is 0 Å². The highest BCUT2D eigenvalue weighted by Gasteiger charge is 2.16. The molecule has 0 amide bonds. The van der Waals surface area contributed by atoms with Crippen molar-refractivity contribution in [2.24, 2.45) is 5.92 Å².